The first-order valence-electron chi connectivity index (χ1n) is 5.29. The third kappa shape index (κ3) is 3.05. The number of ether oxygens (including phenoxy) is 1. The van der Waals surface area contributed by atoms with Crippen molar-refractivity contribution >= 4 is 11.3 Å². The van der Waals surface area contributed by atoms with Gasteiger partial charge in [0, 0.05) is 16.5 Å². The molecule has 1 aromatic carbocycles. The molecule has 17 heavy (non-hydrogen) atoms. The molecular weight excluding hydrogens is 239 g/mol. The Morgan fingerprint density at radius 2 is 2.24 bits per heavy atom. The summed E-state index contributed by atoms with van der Waals surface area (Å²) in [5.74, 6) is 0.0315. The normalized spacial score (nSPS) is 12.4. The summed E-state index contributed by atoms with van der Waals surface area (Å²) in [6.45, 7) is 1.97. The maximum atomic E-state index is 13.5. The number of hydrogen-bond acceptors (Lipinski definition) is 3. The second-order valence-electron chi connectivity index (χ2n) is 3.73. The minimum absolute atomic E-state index is 0.286. The van der Waals surface area contributed by atoms with Crippen LogP contribution in [0.25, 0.3) is 0 Å². The molecule has 2 nitrogen and oxygen atoms in total. The van der Waals surface area contributed by atoms with E-state index in [2.05, 4.69) is 0 Å². The van der Waals surface area contributed by atoms with Crippen molar-refractivity contribution in [1.82, 2.24) is 0 Å². The van der Waals surface area contributed by atoms with E-state index in [0.29, 0.717) is 12.4 Å². The van der Waals surface area contributed by atoms with Crippen LogP contribution in [-0.2, 0) is 6.61 Å². The molecule has 0 saturated heterocycles. The Morgan fingerprint density at radius 3 is 2.82 bits per heavy atom. The summed E-state index contributed by atoms with van der Waals surface area (Å²) in [4.78, 5) is 1.09. The number of rotatable bonds is 4. The number of hydrogen-bond donors (Lipinski definition) is 1. The zero-order chi connectivity index (χ0) is 12.3. The van der Waals surface area contributed by atoms with Crippen molar-refractivity contribution in [3.8, 4) is 5.75 Å². The number of thiophene rings is 1. The monoisotopic (exact) mass is 252 g/mol. The number of halogens is 1. The van der Waals surface area contributed by atoms with Crippen LogP contribution < -0.4 is 4.74 Å². The topological polar surface area (TPSA) is 29.5 Å². The molecule has 1 unspecified atom stereocenters. The lowest BCUT2D eigenvalue weighted by Crippen LogP contribution is -1.98. The summed E-state index contributed by atoms with van der Waals surface area (Å²) < 4.78 is 19.0. The van der Waals surface area contributed by atoms with Crippen LogP contribution in [0.4, 0.5) is 4.39 Å². The van der Waals surface area contributed by atoms with E-state index >= 15 is 0 Å². The highest BCUT2D eigenvalue weighted by Crippen LogP contribution is 2.22. The Hall–Kier alpha value is -1.39. The predicted octanol–water partition coefficient (Wildman–Crippen LogP) is 3.52. The quantitative estimate of drug-likeness (QED) is 0.902. The standard InChI is InChI=1S/C13H13FO2S/c1-9(15)12-5-4-10(7-13(12)14)16-8-11-3-2-6-17-11/h2-7,9,15H,8H2,1H3. The first-order valence-corrected chi connectivity index (χ1v) is 6.17. The van der Waals surface area contributed by atoms with Gasteiger partial charge in [-0.05, 0) is 30.5 Å². The minimum atomic E-state index is -0.804. The fourth-order valence-corrected chi connectivity index (χ4v) is 2.10. The molecule has 2 aromatic rings. The number of benzene rings is 1. The van der Waals surface area contributed by atoms with E-state index in [4.69, 9.17) is 4.74 Å². The molecule has 1 atom stereocenters. The van der Waals surface area contributed by atoms with Crippen molar-refractivity contribution in [2.75, 3.05) is 0 Å². The van der Waals surface area contributed by atoms with Crippen LogP contribution in [0.1, 0.15) is 23.5 Å². The van der Waals surface area contributed by atoms with E-state index in [0.717, 1.165) is 4.88 Å². The van der Waals surface area contributed by atoms with Crippen LogP contribution in [0.5, 0.6) is 5.75 Å². The Labute approximate surface area is 103 Å². The van der Waals surface area contributed by atoms with Gasteiger partial charge in [0.1, 0.15) is 18.2 Å². The van der Waals surface area contributed by atoms with Gasteiger partial charge in [-0.3, -0.25) is 0 Å². The van der Waals surface area contributed by atoms with Gasteiger partial charge in [-0.25, -0.2) is 4.39 Å². The van der Waals surface area contributed by atoms with E-state index in [1.54, 1.807) is 23.5 Å². The molecule has 0 aliphatic heterocycles. The van der Waals surface area contributed by atoms with Gasteiger partial charge < -0.3 is 9.84 Å². The Morgan fingerprint density at radius 1 is 1.41 bits per heavy atom. The van der Waals surface area contributed by atoms with Gasteiger partial charge in [0.05, 0.1) is 6.10 Å². The van der Waals surface area contributed by atoms with Crippen molar-refractivity contribution in [3.05, 3.63) is 52.0 Å². The molecule has 0 spiro atoms. The second-order valence-corrected chi connectivity index (χ2v) is 4.76. The summed E-state index contributed by atoms with van der Waals surface area (Å²) in [6, 6.07) is 8.42. The molecule has 1 heterocycles. The molecule has 0 radical (unpaired) electrons. The average molecular weight is 252 g/mol. The van der Waals surface area contributed by atoms with Crippen molar-refractivity contribution < 1.29 is 14.2 Å². The molecule has 90 valence electrons. The first-order chi connectivity index (χ1) is 8.16. The number of aliphatic hydroxyl groups is 1. The largest absolute Gasteiger partial charge is 0.488 e. The fraction of sp³-hybridized carbons (Fsp3) is 0.231. The lowest BCUT2D eigenvalue weighted by Gasteiger charge is -2.09. The Kier molecular flexibility index (Phi) is 3.76. The van der Waals surface area contributed by atoms with E-state index in [-0.39, 0.29) is 5.56 Å². The van der Waals surface area contributed by atoms with Gasteiger partial charge in [0.25, 0.3) is 0 Å². The molecule has 0 amide bonds. The van der Waals surface area contributed by atoms with E-state index in [9.17, 15) is 9.50 Å². The Balaban J connectivity index is 2.05. The van der Waals surface area contributed by atoms with Gasteiger partial charge >= 0.3 is 0 Å². The van der Waals surface area contributed by atoms with E-state index < -0.39 is 11.9 Å². The molecule has 1 N–H and O–H groups in total. The van der Waals surface area contributed by atoms with Crippen molar-refractivity contribution in [1.29, 1.82) is 0 Å². The van der Waals surface area contributed by atoms with Crippen LogP contribution in [0.15, 0.2) is 35.7 Å². The summed E-state index contributed by atoms with van der Waals surface area (Å²) >= 11 is 1.60. The summed E-state index contributed by atoms with van der Waals surface area (Å²) in [5, 5.41) is 11.3. The van der Waals surface area contributed by atoms with Crippen LogP contribution >= 0.6 is 11.3 Å². The van der Waals surface area contributed by atoms with Crippen molar-refractivity contribution in [2.45, 2.75) is 19.6 Å². The smallest absolute Gasteiger partial charge is 0.132 e. The molecule has 0 saturated carbocycles. The van der Waals surface area contributed by atoms with Gasteiger partial charge in [-0.1, -0.05) is 6.07 Å². The van der Waals surface area contributed by atoms with Gasteiger partial charge in [-0.15, -0.1) is 11.3 Å². The maximum Gasteiger partial charge on any atom is 0.132 e. The molecule has 1 aromatic heterocycles. The van der Waals surface area contributed by atoms with Gasteiger partial charge in [0.15, 0.2) is 0 Å². The SMILES string of the molecule is CC(O)c1ccc(OCc2cccs2)cc1F. The van der Waals surface area contributed by atoms with Crippen molar-refractivity contribution in [3.63, 3.8) is 0 Å². The highest BCUT2D eigenvalue weighted by atomic mass is 32.1. The molecule has 0 fully saturated rings. The van der Waals surface area contributed by atoms with Crippen LogP contribution in [0, 0.1) is 5.82 Å². The molecule has 4 heteroatoms. The molecule has 0 aliphatic carbocycles. The van der Waals surface area contributed by atoms with E-state index in [1.807, 2.05) is 17.5 Å². The second kappa shape index (κ2) is 5.29. The Bertz CT molecular complexity index is 480. The molecule has 2 rings (SSSR count). The molecule has 0 aliphatic rings. The number of aliphatic hydroxyl groups excluding tert-OH is 1. The highest BCUT2D eigenvalue weighted by Gasteiger charge is 2.09. The zero-order valence-corrected chi connectivity index (χ0v) is 10.2. The lowest BCUT2D eigenvalue weighted by molar-refractivity contribution is 0.194. The lowest BCUT2D eigenvalue weighted by atomic mass is 10.1. The first kappa shape index (κ1) is 12.1. The maximum absolute atomic E-state index is 13.5. The van der Waals surface area contributed by atoms with Gasteiger partial charge in [0.2, 0.25) is 0 Å². The fourth-order valence-electron chi connectivity index (χ4n) is 1.49. The molecule has 0 bridgehead atoms. The highest BCUT2D eigenvalue weighted by molar-refractivity contribution is 7.09. The summed E-state index contributed by atoms with van der Waals surface area (Å²) in [7, 11) is 0. The van der Waals surface area contributed by atoms with Crippen LogP contribution in [0.3, 0.4) is 0 Å². The average Bonchev–Trinajstić information content (AvgIpc) is 2.78. The zero-order valence-electron chi connectivity index (χ0n) is 9.39. The minimum Gasteiger partial charge on any atom is -0.488 e. The summed E-state index contributed by atoms with van der Waals surface area (Å²) in [6.07, 6.45) is -0.804. The summed E-state index contributed by atoms with van der Waals surface area (Å²) in [5.41, 5.74) is 0.286. The molecular formula is C13H13FO2S. The van der Waals surface area contributed by atoms with E-state index in [1.165, 1.54) is 13.0 Å². The van der Waals surface area contributed by atoms with Crippen LogP contribution in [-0.4, -0.2) is 5.11 Å². The third-order valence-electron chi connectivity index (χ3n) is 2.38. The van der Waals surface area contributed by atoms with Crippen LogP contribution in [0.2, 0.25) is 0 Å². The third-order valence-corrected chi connectivity index (χ3v) is 3.23. The van der Waals surface area contributed by atoms with Gasteiger partial charge in [-0.2, -0.15) is 0 Å². The van der Waals surface area contributed by atoms with Crippen molar-refractivity contribution in [2.24, 2.45) is 0 Å². The predicted molar refractivity (Wildman–Crippen MR) is 65.7 cm³/mol.